The van der Waals surface area contributed by atoms with Gasteiger partial charge in [-0.25, -0.2) is 4.98 Å². The van der Waals surface area contributed by atoms with Crippen LogP contribution in [-0.2, 0) is 0 Å². The number of pyridine rings is 1. The van der Waals surface area contributed by atoms with Crippen molar-refractivity contribution in [2.24, 2.45) is 0 Å². The van der Waals surface area contributed by atoms with Crippen LogP contribution >= 0.6 is 0 Å². The highest BCUT2D eigenvalue weighted by Gasteiger charge is 2.02. The third-order valence-electron chi connectivity index (χ3n) is 2.42. The summed E-state index contributed by atoms with van der Waals surface area (Å²) in [6.07, 6.45) is 6.76. The molecule has 0 aliphatic rings. The summed E-state index contributed by atoms with van der Waals surface area (Å²) < 4.78 is 0. The zero-order chi connectivity index (χ0) is 11.1. The van der Waals surface area contributed by atoms with E-state index in [0.717, 1.165) is 11.5 Å². The number of nitrogens with zero attached hydrogens (tertiary/aromatic N) is 1. The molecule has 0 aliphatic carbocycles. The van der Waals surface area contributed by atoms with Gasteiger partial charge in [0.05, 0.1) is 0 Å². The topological polar surface area (TPSA) is 50.9 Å². The van der Waals surface area contributed by atoms with Gasteiger partial charge >= 0.3 is 0 Å². The second-order valence-electron chi connectivity index (χ2n) is 4.02. The SMILES string of the molecule is CCCCCC(C)Nc1cc(N)ccn1. The summed E-state index contributed by atoms with van der Waals surface area (Å²) in [5.74, 6) is 0.874. The lowest BCUT2D eigenvalue weighted by atomic mass is 10.1. The van der Waals surface area contributed by atoms with E-state index in [2.05, 4.69) is 24.1 Å². The van der Waals surface area contributed by atoms with Crippen LogP contribution in [0.1, 0.15) is 39.5 Å². The van der Waals surface area contributed by atoms with Gasteiger partial charge in [-0.15, -0.1) is 0 Å². The molecule has 3 heteroatoms. The molecule has 0 spiro atoms. The monoisotopic (exact) mass is 207 g/mol. The third kappa shape index (κ3) is 4.68. The van der Waals surface area contributed by atoms with Crippen LogP contribution in [0.15, 0.2) is 18.3 Å². The van der Waals surface area contributed by atoms with Crippen LogP contribution in [0.25, 0.3) is 0 Å². The van der Waals surface area contributed by atoms with Crippen LogP contribution in [0, 0.1) is 0 Å². The molecule has 1 atom stereocenters. The molecular formula is C12H21N3. The first-order chi connectivity index (χ1) is 7.22. The van der Waals surface area contributed by atoms with Crippen molar-refractivity contribution >= 4 is 11.5 Å². The maximum atomic E-state index is 5.68. The van der Waals surface area contributed by atoms with E-state index in [1.54, 1.807) is 12.3 Å². The van der Waals surface area contributed by atoms with Gasteiger partial charge in [-0.3, -0.25) is 0 Å². The lowest BCUT2D eigenvalue weighted by Gasteiger charge is -2.14. The van der Waals surface area contributed by atoms with Crippen LogP contribution in [0.2, 0.25) is 0 Å². The molecule has 0 bridgehead atoms. The number of nitrogen functional groups attached to an aromatic ring is 1. The smallest absolute Gasteiger partial charge is 0.128 e. The van der Waals surface area contributed by atoms with Crippen molar-refractivity contribution in [2.75, 3.05) is 11.1 Å². The molecule has 1 aromatic heterocycles. The highest BCUT2D eigenvalue weighted by Crippen LogP contribution is 2.12. The summed E-state index contributed by atoms with van der Waals surface area (Å²) in [5, 5.41) is 3.35. The van der Waals surface area contributed by atoms with Crippen LogP contribution < -0.4 is 11.1 Å². The van der Waals surface area contributed by atoms with Crippen molar-refractivity contribution < 1.29 is 0 Å². The fraction of sp³-hybridized carbons (Fsp3) is 0.583. The molecule has 0 saturated heterocycles. The minimum atomic E-state index is 0.464. The van der Waals surface area contributed by atoms with Gasteiger partial charge in [0.15, 0.2) is 0 Å². The van der Waals surface area contributed by atoms with Crippen molar-refractivity contribution in [3.8, 4) is 0 Å². The fourth-order valence-electron chi connectivity index (χ4n) is 1.55. The van der Waals surface area contributed by atoms with Crippen molar-refractivity contribution in [3.05, 3.63) is 18.3 Å². The maximum Gasteiger partial charge on any atom is 0.128 e. The van der Waals surface area contributed by atoms with Crippen molar-refractivity contribution in [3.63, 3.8) is 0 Å². The molecule has 1 unspecified atom stereocenters. The zero-order valence-corrected chi connectivity index (χ0v) is 9.66. The standard InChI is InChI=1S/C12H21N3/c1-3-4-5-6-10(2)15-12-9-11(13)7-8-14-12/h7-10H,3-6H2,1-2H3,(H3,13,14,15). The first kappa shape index (κ1) is 11.8. The molecule has 0 aromatic carbocycles. The number of rotatable bonds is 6. The van der Waals surface area contributed by atoms with Gasteiger partial charge in [-0.2, -0.15) is 0 Å². The van der Waals surface area contributed by atoms with E-state index in [-0.39, 0.29) is 0 Å². The number of nitrogens with two attached hydrogens (primary N) is 1. The molecule has 1 heterocycles. The van der Waals surface area contributed by atoms with Gasteiger partial charge in [-0.1, -0.05) is 26.2 Å². The molecule has 15 heavy (non-hydrogen) atoms. The summed E-state index contributed by atoms with van der Waals surface area (Å²) in [6.45, 7) is 4.40. The molecular weight excluding hydrogens is 186 g/mol. The van der Waals surface area contributed by atoms with Crippen LogP contribution in [0.3, 0.4) is 0 Å². The lowest BCUT2D eigenvalue weighted by Crippen LogP contribution is -2.15. The van der Waals surface area contributed by atoms with E-state index in [9.17, 15) is 0 Å². The molecule has 3 N–H and O–H groups in total. The van der Waals surface area contributed by atoms with Crippen molar-refractivity contribution in [1.29, 1.82) is 0 Å². The van der Waals surface area contributed by atoms with Crippen molar-refractivity contribution in [2.45, 2.75) is 45.6 Å². The molecule has 0 aliphatic heterocycles. The Labute approximate surface area is 92.1 Å². The predicted octanol–water partition coefficient (Wildman–Crippen LogP) is 3.04. The second-order valence-corrected chi connectivity index (χ2v) is 4.02. The summed E-state index contributed by atoms with van der Waals surface area (Å²) in [4.78, 5) is 4.22. The van der Waals surface area contributed by atoms with Crippen LogP contribution in [0.4, 0.5) is 11.5 Å². The Kier molecular flexibility index (Phi) is 4.95. The van der Waals surface area contributed by atoms with Crippen LogP contribution in [-0.4, -0.2) is 11.0 Å². The quantitative estimate of drug-likeness (QED) is 0.705. The first-order valence-electron chi connectivity index (χ1n) is 5.70. The number of aromatic nitrogens is 1. The average Bonchev–Trinajstić information content (AvgIpc) is 2.18. The minimum Gasteiger partial charge on any atom is -0.399 e. The van der Waals surface area contributed by atoms with E-state index in [1.165, 1.54) is 25.7 Å². The maximum absolute atomic E-state index is 5.68. The first-order valence-corrected chi connectivity index (χ1v) is 5.70. The van der Waals surface area contributed by atoms with E-state index < -0.39 is 0 Å². The fourth-order valence-corrected chi connectivity index (χ4v) is 1.55. The highest BCUT2D eigenvalue weighted by molar-refractivity contribution is 5.48. The Bertz CT molecular complexity index is 286. The molecule has 0 amide bonds. The number of hydrogen-bond acceptors (Lipinski definition) is 3. The predicted molar refractivity (Wildman–Crippen MR) is 65.9 cm³/mol. The Hall–Kier alpha value is -1.25. The van der Waals surface area contributed by atoms with E-state index >= 15 is 0 Å². The molecule has 0 saturated carbocycles. The minimum absolute atomic E-state index is 0.464. The largest absolute Gasteiger partial charge is 0.399 e. The second kappa shape index (κ2) is 6.27. The lowest BCUT2D eigenvalue weighted by molar-refractivity contribution is 0.614. The van der Waals surface area contributed by atoms with Gasteiger partial charge in [0, 0.05) is 24.0 Å². The molecule has 0 radical (unpaired) electrons. The summed E-state index contributed by atoms with van der Waals surface area (Å²) in [5.41, 5.74) is 6.43. The molecule has 1 rings (SSSR count). The van der Waals surface area contributed by atoms with Gasteiger partial charge in [0.25, 0.3) is 0 Å². The van der Waals surface area contributed by atoms with Gasteiger partial charge in [0.1, 0.15) is 5.82 Å². The summed E-state index contributed by atoms with van der Waals surface area (Å²) >= 11 is 0. The van der Waals surface area contributed by atoms with Gasteiger partial charge < -0.3 is 11.1 Å². The highest BCUT2D eigenvalue weighted by atomic mass is 15.0. The Balaban J connectivity index is 2.34. The number of nitrogens with one attached hydrogen (secondary N) is 1. The summed E-state index contributed by atoms with van der Waals surface area (Å²) in [6, 6.07) is 4.13. The normalized spacial score (nSPS) is 12.4. The number of anilines is 2. The molecule has 84 valence electrons. The molecule has 3 nitrogen and oxygen atoms in total. The Morgan fingerprint density at radius 3 is 2.93 bits per heavy atom. The Morgan fingerprint density at radius 1 is 1.47 bits per heavy atom. The number of hydrogen-bond donors (Lipinski definition) is 2. The molecule has 1 aromatic rings. The van der Waals surface area contributed by atoms with Gasteiger partial charge in [0.2, 0.25) is 0 Å². The zero-order valence-electron chi connectivity index (χ0n) is 9.66. The summed E-state index contributed by atoms with van der Waals surface area (Å²) in [7, 11) is 0. The van der Waals surface area contributed by atoms with Crippen molar-refractivity contribution in [1.82, 2.24) is 4.98 Å². The number of unbranched alkanes of at least 4 members (excludes halogenated alkanes) is 2. The third-order valence-corrected chi connectivity index (χ3v) is 2.42. The van der Waals surface area contributed by atoms with E-state index in [1.807, 2.05) is 6.07 Å². The molecule has 0 fully saturated rings. The average molecular weight is 207 g/mol. The van der Waals surface area contributed by atoms with E-state index in [0.29, 0.717) is 6.04 Å². The van der Waals surface area contributed by atoms with E-state index in [4.69, 9.17) is 5.73 Å². The van der Waals surface area contributed by atoms with Crippen LogP contribution in [0.5, 0.6) is 0 Å². The Morgan fingerprint density at radius 2 is 2.27 bits per heavy atom. The van der Waals surface area contributed by atoms with Gasteiger partial charge in [-0.05, 0) is 19.4 Å².